The number of hydrogen-bond acceptors (Lipinski definition) is 5. The molecule has 98 valence electrons. The Labute approximate surface area is 107 Å². The van der Waals surface area contributed by atoms with Crippen LogP contribution >= 0.6 is 0 Å². The molecule has 7 heteroatoms. The Morgan fingerprint density at radius 1 is 1.47 bits per heavy atom. The minimum atomic E-state index is -0.485. The zero-order valence-corrected chi connectivity index (χ0v) is 10.0. The molecule has 19 heavy (non-hydrogen) atoms. The lowest BCUT2D eigenvalue weighted by Gasteiger charge is -2.07. The van der Waals surface area contributed by atoms with E-state index < -0.39 is 4.92 Å². The smallest absolute Gasteiger partial charge is 0.293 e. The van der Waals surface area contributed by atoms with E-state index in [2.05, 4.69) is 15.3 Å². The number of fused-ring (bicyclic) bond motifs is 1. The molecule has 7 nitrogen and oxygen atoms in total. The third kappa shape index (κ3) is 2.26. The maximum atomic E-state index is 11.6. The number of nitrogens with zero attached hydrogens (tertiary/aromatic N) is 2. The number of aromatic nitrogens is 2. The molecule has 1 aliphatic carbocycles. The molecule has 1 aromatic carbocycles. The van der Waals surface area contributed by atoms with E-state index in [1.807, 2.05) is 0 Å². The van der Waals surface area contributed by atoms with E-state index in [0.29, 0.717) is 17.1 Å². The second-order valence-corrected chi connectivity index (χ2v) is 4.70. The van der Waals surface area contributed by atoms with Gasteiger partial charge < -0.3 is 10.3 Å². The molecule has 0 spiro atoms. The van der Waals surface area contributed by atoms with Gasteiger partial charge in [0.1, 0.15) is 5.69 Å². The number of nitrogens with one attached hydrogen (secondary N) is 2. The van der Waals surface area contributed by atoms with Crippen molar-refractivity contribution < 1.29 is 4.92 Å². The topological polar surface area (TPSA) is 101 Å². The van der Waals surface area contributed by atoms with Crippen molar-refractivity contribution in [2.24, 2.45) is 5.92 Å². The van der Waals surface area contributed by atoms with Crippen LogP contribution in [-0.4, -0.2) is 21.4 Å². The lowest BCUT2D eigenvalue weighted by atomic mass is 10.2. The van der Waals surface area contributed by atoms with Crippen LogP contribution in [-0.2, 0) is 0 Å². The van der Waals surface area contributed by atoms with Gasteiger partial charge in [0.2, 0.25) is 0 Å². The SMILES string of the molecule is O=c1[nH]cnc2cc(NCC3CC3)c([N+](=O)[O-])cc12. The van der Waals surface area contributed by atoms with Crippen LogP contribution in [0, 0.1) is 16.0 Å². The molecular weight excluding hydrogens is 248 g/mol. The fourth-order valence-corrected chi connectivity index (χ4v) is 1.97. The highest BCUT2D eigenvalue weighted by atomic mass is 16.6. The largest absolute Gasteiger partial charge is 0.379 e. The molecule has 0 aliphatic heterocycles. The van der Waals surface area contributed by atoms with Gasteiger partial charge in [-0.2, -0.15) is 0 Å². The van der Waals surface area contributed by atoms with Gasteiger partial charge in [-0.15, -0.1) is 0 Å². The van der Waals surface area contributed by atoms with Crippen molar-refractivity contribution in [3.05, 3.63) is 38.9 Å². The second-order valence-electron chi connectivity index (χ2n) is 4.70. The van der Waals surface area contributed by atoms with E-state index in [9.17, 15) is 14.9 Å². The Morgan fingerprint density at radius 2 is 2.26 bits per heavy atom. The van der Waals surface area contributed by atoms with E-state index in [-0.39, 0.29) is 16.6 Å². The summed E-state index contributed by atoms with van der Waals surface area (Å²) in [6.07, 6.45) is 3.61. The van der Waals surface area contributed by atoms with Crippen LogP contribution in [0.25, 0.3) is 10.9 Å². The van der Waals surface area contributed by atoms with Gasteiger partial charge in [0, 0.05) is 12.6 Å². The fourth-order valence-electron chi connectivity index (χ4n) is 1.97. The summed E-state index contributed by atoms with van der Waals surface area (Å²) in [5.74, 6) is 0.599. The van der Waals surface area contributed by atoms with Crippen LogP contribution in [0.5, 0.6) is 0 Å². The maximum Gasteiger partial charge on any atom is 0.293 e. The number of benzene rings is 1. The summed E-state index contributed by atoms with van der Waals surface area (Å²) in [6, 6.07) is 2.83. The third-order valence-corrected chi connectivity index (χ3v) is 3.23. The van der Waals surface area contributed by atoms with Gasteiger partial charge in [0.25, 0.3) is 11.2 Å². The van der Waals surface area contributed by atoms with Crippen molar-refractivity contribution in [3.8, 4) is 0 Å². The first-order valence-electron chi connectivity index (χ1n) is 6.05. The number of H-pyrrole nitrogens is 1. The monoisotopic (exact) mass is 260 g/mol. The number of rotatable bonds is 4. The van der Waals surface area contributed by atoms with Gasteiger partial charge in [0.05, 0.1) is 22.2 Å². The van der Waals surface area contributed by atoms with Gasteiger partial charge in [-0.3, -0.25) is 14.9 Å². The molecule has 1 aromatic heterocycles. The fraction of sp³-hybridized carbons (Fsp3) is 0.333. The Bertz CT molecular complexity index is 706. The summed E-state index contributed by atoms with van der Waals surface area (Å²) < 4.78 is 0. The van der Waals surface area contributed by atoms with Crippen LogP contribution in [0.1, 0.15) is 12.8 Å². The van der Waals surface area contributed by atoms with E-state index in [0.717, 1.165) is 19.4 Å². The van der Waals surface area contributed by atoms with Crippen molar-refractivity contribution in [2.75, 3.05) is 11.9 Å². The zero-order chi connectivity index (χ0) is 13.4. The van der Waals surface area contributed by atoms with Gasteiger partial charge >= 0.3 is 0 Å². The molecule has 1 heterocycles. The second kappa shape index (κ2) is 4.34. The zero-order valence-electron chi connectivity index (χ0n) is 10.0. The van der Waals surface area contributed by atoms with Crippen molar-refractivity contribution >= 4 is 22.3 Å². The Kier molecular flexibility index (Phi) is 2.66. The maximum absolute atomic E-state index is 11.6. The quantitative estimate of drug-likeness (QED) is 0.643. The average Bonchev–Trinajstić information content (AvgIpc) is 3.19. The highest BCUT2D eigenvalue weighted by molar-refractivity contribution is 5.86. The van der Waals surface area contributed by atoms with Gasteiger partial charge in [-0.25, -0.2) is 4.98 Å². The highest BCUT2D eigenvalue weighted by Crippen LogP contribution is 2.32. The van der Waals surface area contributed by atoms with Crippen LogP contribution in [0.15, 0.2) is 23.3 Å². The summed E-state index contributed by atoms with van der Waals surface area (Å²) >= 11 is 0. The van der Waals surface area contributed by atoms with E-state index in [4.69, 9.17) is 0 Å². The minimum absolute atomic E-state index is 0.0911. The van der Waals surface area contributed by atoms with Crippen molar-refractivity contribution in [3.63, 3.8) is 0 Å². The predicted octanol–water partition coefficient (Wildman–Crippen LogP) is 1.65. The molecule has 2 N–H and O–H groups in total. The molecule has 0 amide bonds. The summed E-state index contributed by atoms with van der Waals surface area (Å²) in [5.41, 5.74) is 0.406. The molecule has 1 saturated carbocycles. The summed E-state index contributed by atoms with van der Waals surface area (Å²) in [6.45, 7) is 0.718. The Balaban J connectivity index is 2.09. The molecule has 0 atom stereocenters. The first kappa shape index (κ1) is 11.6. The van der Waals surface area contributed by atoms with Gasteiger partial charge in [0.15, 0.2) is 0 Å². The normalized spacial score (nSPS) is 14.5. The molecule has 0 unspecified atom stereocenters. The van der Waals surface area contributed by atoms with Crippen molar-refractivity contribution in [2.45, 2.75) is 12.8 Å². The number of nitro groups is 1. The molecule has 0 saturated heterocycles. The molecule has 2 aromatic rings. The standard InChI is InChI=1S/C12H12N4O3/c17-12-8-3-11(16(18)19)10(13-5-7-1-2-7)4-9(8)14-6-15-12/h3-4,6-7,13H,1-2,5H2,(H,14,15,17). The van der Waals surface area contributed by atoms with Crippen LogP contribution in [0.4, 0.5) is 11.4 Å². The summed E-state index contributed by atoms with van der Waals surface area (Å²) in [7, 11) is 0. The number of anilines is 1. The van der Waals surface area contributed by atoms with E-state index in [1.54, 1.807) is 6.07 Å². The molecule has 1 aliphatic rings. The molecule has 3 rings (SSSR count). The molecule has 1 fully saturated rings. The Hall–Kier alpha value is -2.44. The highest BCUT2D eigenvalue weighted by Gasteiger charge is 2.23. The Morgan fingerprint density at radius 3 is 2.95 bits per heavy atom. The number of aromatic amines is 1. The average molecular weight is 260 g/mol. The molecular formula is C12H12N4O3. The van der Waals surface area contributed by atoms with Crippen LogP contribution in [0.2, 0.25) is 0 Å². The summed E-state index contributed by atoms with van der Waals surface area (Å²) in [5, 5.41) is 14.4. The lowest BCUT2D eigenvalue weighted by molar-refractivity contribution is -0.383. The van der Waals surface area contributed by atoms with Crippen LogP contribution < -0.4 is 10.9 Å². The van der Waals surface area contributed by atoms with Crippen LogP contribution in [0.3, 0.4) is 0 Å². The first-order valence-corrected chi connectivity index (χ1v) is 6.05. The number of hydrogen-bond donors (Lipinski definition) is 2. The molecule has 0 bridgehead atoms. The van der Waals surface area contributed by atoms with E-state index in [1.165, 1.54) is 12.4 Å². The minimum Gasteiger partial charge on any atom is -0.379 e. The van der Waals surface area contributed by atoms with Gasteiger partial charge in [-0.1, -0.05) is 0 Å². The predicted molar refractivity (Wildman–Crippen MR) is 70.2 cm³/mol. The number of nitro benzene ring substituents is 1. The van der Waals surface area contributed by atoms with Crippen molar-refractivity contribution in [1.82, 2.24) is 9.97 Å². The summed E-state index contributed by atoms with van der Waals surface area (Å²) in [4.78, 5) is 28.6. The lowest BCUT2D eigenvalue weighted by Crippen LogP contribution is -2.10. The molecule has 0 radical (unpaired) electrons. The third-order valence-electron chi connectivity index (χ3n) is 3.23. The first-order chi connectivity index (χ1) is 9.15. The van der Waals surface area contributed by atoms with E-state index >= 15 is 0 Å². The van der Waals surface area contributed by atoms with Crippen molar-refractivity contribution in [1.29, 1.82) is 0 Å². The van der Waals surface area contributed by atoms with Gasteiger partial charge in [-0.05, 0) is 24.8 Å².